The molecule has 2 aromatic carbocycles. The summed E-state index contributed by atoms with van der Waals surface area (Å²) < 4.78 is 18.3. The topological polar surface area (TPSA) is 72.5 Å². The average Bonchev–Trinajstić information content (AvgIpc) is 2.31. The Bertz CT molecular complexity index is 599. The molecule has 0 saturated carbocycles. The number of carboxylic acid groups (broad SMARTS) is 1. The Morgan fingerprint density at radius 1 is 1.22 bits per heavy atom. The quantitative estimate of drug-likeness (QED) is 0.818. The fourth-order valence-electron chi connectivity index (χ4n) is 1.48. The third-order valence-electron chi connectivity index (χ3n) is 2.32. The van der Waals surface area contributed by atoms with Crippen molar-refractivity contribution in [2.75, 3.05) is 5.73 Å². The van der Waals surface area contributed by atoms with E-state index in [-0.39, 0.29) is 22.7 Å². The lowest BCUT2D eigenvalue weighted by Crippen LogP contribution is -2.03. The van der Waals surface area contributed by atoms with E-state index in [1.807, 2.05) is 0 Å². The third-order valence-corrected chi connectivity index (χ3v) is 2.32. The molecule has 0 fully saturated rings. The van der Waals surface area contributed by atoms with Gasteiger partial charge in [-0.2, -0.15) is 0 Å². The van der Waals surface area contributed by atoms with Crippen LogP contribution in [0, 0.1) is 5.82 Å². The van der Waals surface area contributed by atoms with Crippen LogP contribution in [0.15, 0.2) is 42.5 Å². The number of halogens is 1. The molecule has 0 heterocycles. The molecule has 0 amide bonds. The average molecular weight is 247 g/mol. The Kier molecular flexibility index (Phi) is 3.14. The van der Waals surface area contributed by atoms with Gasteiger partial charge in [-0.05, 0) is 24.3 Å². The number of benzene rings is 2. The third kappa shape index (κ3) is 2.40. The summed E-state index contributed by atoms with van der Waals surface area (Å²) in [6.45, 7) is 0. The van der Waals surface area contributed by atoms with Gasteiger partial charge in [0.2, 0.25) is 0 Å². The minimum Gasteiger partial charge on any atom is -0.478 e. The molecule has 0 aliphatic carbocycles. The maximum Gasteiger partial charge on any atom is 0.337 e. The van der Waals surface area contributed by atoms with E-state index in [0.29, 0.717) is 0 Å². The van der Waals surface area contributed by atoms with E-state index in [1.54, 1.807) is 6.07 Å². The zero-order valence-corrected chi connectivity index (χ0v) is 9.26. The van der Waals surface area contributed by atoms with E-state index in [4.69, 9.17) is 15.6 Å². The highest BCUT2D eigenvalue weighted by molar-refractivity contribution is 5.95. The Hall–Kier alpha value is -2.56. The number of aromatic carboxylic acids is 1. The molecule has 0 unspecified atom stereocenters. The molecular formula is C13H10FNO3. The number of nitrogen functional groups attached to an aromatic ring is 1. The SMILES string of the molecule is Nc1c(Oc2cccc(F)c2)cccc1C(=O)O. The molecule has 2 rings (SSSR count). The molecule has 0 spiro atoms. The van der Waals surface area contributed by atoms with Crippen molar-refractivity contribution in [3.8, 4) is 11.5 Å². The van der Waals surface area contributed by atoms with Crippen molar-refractivity contribution in [3.05, 3.63) is 53.8 Å². The summed E-state index contributed by atoms with van der Waals surface area (Å²) in [6.07, 6.45) is 0. The van der Waals surface area contributed by atoms with Gasteiger partial charge in [0, 0.05) is 6.07 Å². The number of hydrogen-bond acceptors (Lipinski definition) is 3. The molecule has 5 heteroatoms. The second-order valence-corrected chi connectivity index (χ2v) is 3.58. The van der Waals surface area contributed by atoms with Gasteiger partial charge in [0.05, 0.1) is 11.3 Å². The van der Waals surface area contributed by atoms with Crippen LogP contribution in [0.3, 0.4) is 0 Å². The number of ether oxygens (including phenoxy) is 1. The van der Waals surface area contributed by atoms with Gasteiger partial charge in [-0.1, -0.05) is 12.1 Å². The van der Waals surface area contributed by atoms with Gasteiger partial charge in [-0.15, -0.1) is 0 Å². The number of anilines is 1. The first-order valence-electron chi connectivity index (χ1n) is 5.13. The normalized spacial score (nSPS) is 10.1. The molecule has 18 heavy (non-hydrogen) atoms. The first kappa shape index (κ1) is 11.9. The van der Waals surface area contributed by atoms with Gasteiger partial charge in [-0.25, -0.2) is 9.18 Å². The molecule has 0 aromatic heterocycles. The van der Waals surface area contributed by atoms with Crippen LogP contribution in [-0.4, -0.2) is 11.1 Å². The Morgan fingerprint density at radius 2 is 1.94 bits per heavy atom. The minimum atomic E-state index is -1.14. The van der Waals surface area contributed by atoms with E-state index in [0.717, 1.165) is 0 Å². The van der Waals surface area contributed by atoms with Gasteiger partial charge in [0.15, 0.2) is 5.75 Å². The van der Waals surface area contributed by atoms with Gasteiger partial charge < -0.3 is 15.6 Å². The van der Waals surface area contributed by atoms with E-state index in [9.17, 15) is 9.18 Å². The Morgan fingerprint density at radius 3 is 2.61 bits per heavy atom. The van der Waals surface area contributed by atoms with Crippen molar-refractivity contribution in [3.63, 3.8) is 0 Å². The molecule has 92 valence electrons. The monoisotopic (exact) mass is 247 g/mol. The minimum absolute atomic E-state index is 0.00858. The second-order valence-electron chi connectivity index (χ2n) is 3.58. The van der Waals surface area contributed by atoms with Crippen LogP contribution in [0.2, 0.25) is 0 Å². The molecule has 0 aliphatic heterocycles. The molecule has 0 aliphatic rings. The van der Waals surface area contributed by atoms with E-state index < -0.39 is 11.8 Å². The van der Waals surface area contributed by atoms with Crippen LogP contribution in [0.4, 0.5) is 10.1 Å². The highest BCUT2D eigenvalue weighted by atomic mass is 19.1. The Labute approximate surface area is 102 Å². The first-order valence-corrected chi connectivity index (χ1v) is 5.13. The molecule has 4 nitrogen and oxygen atoms in total. The first-order chi connectivity index (χ1) is 8.58. The summed E-state index contributed by atoms with van der Waals surface area (Å²) >= 11 is 0. The number of rotatable bonds is 3. The summed E-state index contributed by atoms with van der Waals surface area (Å²) in [4.78, 5) is 10.9. The molecule has 0 radical (unpaired) electrons. The maximum absolute atomic E-state index is 13.0. The van der Waals surface area contributed by atoms with Crippen molar-refractivity contribution in [1.82, 2.24) is 0 Å². The van der Waals surface area contributed by atoms with Crippen LogP contribution in [0.25, 0.3) is 0 Å². The second kappa shape index (κ2) is 4.75. The molecule has 3 N–H and O–H groups in total. The smallest absolute Gasteiger partial charge is 0.337 e. The molecule has 0 bridgehead atoms. The van der Waals surface area contributed by atoms with E-state index in [2.05, 4.69) is 0 Å². The van der Waals surface area contributed by atoms with Gasteiger partial charge in [0.25, 0.3) is 0 Å². The number of para-hydroxylation sites is 1. The molecular weight excluding hydrogens is 237 g/mol. The van der Waals surface area contributed by atoms with Crippen molar-refractivity contribution in [2.45, 2.75) is 0 Å². The summed E-state index contributed by atoms with van der Waals surface area (Å²) in [6, 6.07) is 9.91. The molecule has 0 saturated heterocycles. The number of carboxylic acids is 1. The van der Waals surface area contributed by atoms with Crippen molar-refractivity contribution in [1.29, 1.82) is 0 Å². The van der Waals surface area contributed by atoms with Crippen LogP contribution in [-0.2, 0) is 0 Å². The van der Waals surface area contributed by atoms with Crippen molar-refractivity contribution >= 4 is 11.7 Å². The zero-order valence-electron chi connectivity index (χ0n) is 9.26. The molecule has 0 atom stereocenters. The van der Waals surface area contributed by atoms with Crippen molar-refractivity contribution in [2.24, 2.45) is 0 Å². The predicted octanol–water partition coefficient (Wildman–Crippen LogP) is 2.90. The van der Waals surface area contributed by atoms with Crippen molar-refractivity contribution < 1.29 is 19.0 Å². The zero-order chi connectivity index (χ0) is 13.1. The fourth-order valence-corrected chi connectivity index (χ4v) is 1.48. The maximum atomic E-state index is 13.0. The molecule has 2 aromatic rings. The largest absolute Gasteiger partial charge is 0.478 e. The summed E-state index contributed by atoms with van der Waals surface area (Å²) in [5.74, 6) is -1.15. The van der Waals surface area contributed by atoms with Crippen LogP contribution < -0.4 is 10.5 Å². The van der Waals surface area contributed by atoms with Crippen LogP contribution in [0.5, 0.6) is 11.5 Å². The summed E-state index contributed by atoms with van der Waals surface area (Å²) in [7, 11) is 0. The van der Waals surface area contributed by atoms with E-state index in [1.165, 1.54) is 36.4 Å². The van der Waals surface area contributed by atoms with Gasteiger partial charge >= 0.3 is 5.97 Å². The standard InChI is InChI=1S/C13H10FNO3/c14-8-3-1-4-9(7-8)18-11-6-2-5-10(12(11)15)13(16)17/h1-7H,15H2,(H,16,17). The summed E-state index contributed by atoms with van der Waals surface area (Å²) in [5.41, 5.74) is 5.63. The highest BCUT2D eigenvalue weighted by Gasteiger charge is 2.12. The highest BCUT2D eigenvalue weighted by Crippen LogP contribution is 2.30. The fraction of sp³-hybridized carbons (Fsp3) is 0. The van der Waals surface area contributed by atoms with Crippen LogP contribution >= 0.6 is 0 Å². The lowest BCUT2D eigenvalue weighted by molar-refractivity contribution is 0.0697. The lowest BCUT2D eigenvalue weighted by atomic mass is 10.1. The summed E-state index contributed by atoms with van der Waals surface area (Å²) in [5, 5.41) is 8.90. The number of carbonyl (C=O) groups is 1. The van der Waals surface area contributed by atoms with Gasteiger partial charge in [0.1, 0.15) is 11.6 Å². The number of hydrogen-bond donors (Lipinski definition) is 2. The number of nitrogens with two attached hydrogens (primary N) is 1. The predicted molar refractivity (Wildman–Crippen MR) is 64.3 cm³/mol. The van der Waals surface area contributed by atoms with E-state index >= 15 is 0 Å². The lowest BCUT2D eigenvalue weighted by Gasteiger charge is -2.10. The van der Waals surface area contributed by atoms with Crippen LogP contribution in [0.1, 0.15) is 10.4 Å². The Balaban J connectivity index is 2.35. The van der Waals surface area contributed by atoms with Gasteiger partial charge in [-0.3, -0.25) is 0 Å².